The van der Waals surface area contributed by atoms with Crippen LogP contribution in [0.2, 0.25) is 10.0 Å². The summed E-state index contributed by atoms with van der Waals surface area (Å²) in [5, 5.41) is 3.44. The van der Waals surface area contributed by atoms with Crippen LogP contribution >= 0.6 is 23.2 Å². The average molecular weight is 443 g/mol. The number of nitrogens with two attached hydrogens (primary N) is 1. The van der Waals surface area contributed by atoms with Gasteiger partial charge in [0.1, 0.15) is 5.60 Å². The topological polar surface area (TPSA) is 82.8 Å². The number of ether oxygens (including phenoxy) is 1. The van der Waals surface area contributed by atoms with E-state index in [1.54, 1.807) is 32.9 Å². The number of halogens is 2. The Morgan fingerprint density at radius 1 is 1.17 bits per heavy atom. The smallest absolute Gasteiger partial charge is 0.444 e. The second-order valence-corrected chi connectivity index (χ2v) is 9.88. The fraction of sp³-hybridized carbons (Fsp3) is 0.550. The van der Waals surface area contributed by atoms with Gasteiger partial charge in [0.2, 0.25) is 0 Å². The van der Waals surface area contributed by atoms with Crippen molar-refractivity contribution in [2.45, 2.75) is 65.3 Å². The molecular formula is C20H29BCl2N2O4. The van der Waals surface area contributed by atoms with E-state index in [0.717, 1.165) is 0 Å². The summed E-state index contributed by atoms with van der Waals surface area (Å²) in [6.45, 7) is 13.4. The van der Waals surface area contributed by atoms with Gasteiger partial charge in [-0.25, -0.2) is 4.79 Å². The van der Waals surface area contributed by atoms with E-state index in [-0.39, 0.29) is 6.54 Å². The SMILES string of the molecule is CC(C)(C)OC(=O)NCC(=Cc1cc(Cl)c(N)c(Cl)c1)B1OC(C)(C)C(C)(C)O1. The van der Waals surface area contributed by atoms with Crippen LogP contribution in [0.15, 0.2) is 17.6 Å². The number of benzene rings is 1. The van der Waals surface area contributed by atoms with E-state index in [0.29, 0.717) is 26.8 Å². The van der Waals surface area contributed by atoms with E-state index >= 15 is 0 Å². The number of amides is 1. The van der Waals surface area contributed by atoms with Gasteiger partial charge in [-0.2, -0.15) is 0 Å². The second kappa shape index (κ2) is 8.38. The molecule has 1 fully saturated rings. The number of nitrogen functional groups attached to an aromatic ring is 1. The van der Waals surface area contributed by atoms with Crippen molar-refractivity contribution in [3.05, 3.63) is 33.2 Å². The summed E-state index contributed by atoms with van der Waals surface area (Å²) in [4.78, 5) is 12.1. The Bertz CT molecular complexity index is 780. The van der Waals surface area contributed by atoms with Crippen molar-refractivity contribution in [1.29, 1.82) is 0 Å². The van der Waals surface area contributed by atoms with Gasteiger partial charge in [0.15, 0.2) is 0 Å². The number of carbonyl (C=O) groups is 1. The van der Waals surface area contributed by atoms with Crippen LogP contribution in [0.4, 0.5) is 10.5 Å². The Kier molecular flexibility index (Phi) is 6.90. The Morgan fingerprint density at radius 2 is 1.66 bits per heavy atom. The quantitative estimate of drug-likeness (QED) is 0.499. The minimum atomic E-state index is -0.662. The number of nitrogens with one attached hydrogen (secondary N) is 1. The van der Waals surface area contributed by atoms with Crippen molar-refractivity contribution in [1.82, 2.24) is 5.32 Å². The molecule has 3 N–H and O–H groups in total. The lowest BCUT2D eigenvalue weighted by Gasteiger charge is -2.32. The van der Waals surface area contributed by atoms with Crippen LogP contribution in [0.25, 0.3) is 6.08 Å². The van der Waals surface area contributed by atoms with Crippen molar-refractivity contribution < 1.29 is 18.8 Å². The molecule has 0 aliphatic carbocycles. The molecule has 160 valence electrons. The Labute approximate surface area is 183 Å². The predicted molar refractivity (Wildman–Crippen MR) is 119 cm³/mol. The van der Waals surface area contributed by atoms with Gasteiger partial charge in [-0.15, -0.1) is 0 Å². The number of anilines is 1. The number of hydrogen-bond donors (Lipinski definition) is 2. The fourth-order valence-electron chi connectivity index (χ4n) is 2.59. The zero-order valence-corrected chi connectivity index (χ0v) is 19.5. The fourth-order valence-corrected chi connectivity index (χ4v) is 3.09. The van der Waals surface area contributed by atoms with Gasteiger partial charge in [0.25, 0.3) is 0 Å². The molecule has 9 heteroatoms. The van der Waals surface area contributed by atoms with Crippen molar-refractivity contribution in [3.63, 3.8) is 0 Å². The summed E-state index contributed by atoms with van der Waals surface area (Å²) < 4.78 is 17.6. The molecule has 1 aromatic carbocycles. The molecule has 0 aromatic heterocycles. The molecule has 0 saturated carbocycles. The molecule has 2 rings (SSSR count). The summed E-state index contributed by atoms with van der Waals surface area (Å²) in [6, 6.07) is 3.39. The lowest BCUT2D eigenvalue weighted by Crippen LogP contribution is -2.41. The number of rotatable bonds is 4. The third kappa shape index (κ3) is 6.04. The standard InChI is InChI=1S/C20H29BCl2N2O4/c1-18(2,3)27-17(26)25-11-13(21-28-19(4,5)20(6,7)29-21)8-12-9-14(22)16(24)15(23)10-12/h8-10H,11,24H2,1-7H3,(H,25,26). The summed E-state index contributed by atoms with van der Waals surface area (Å²) in [7, 11) is -0.662. The van der Waals surface area contributed by atoms with E-state index in [2.05, 4.69) is 5.32 Å². The summed E-state index contributed by atoms with van der Waals surface area (Å²) in [5.74, 6) is 0. The Hall–Kier alpha value is -1.41. The normalized spacial score (nSPS) is 18.7. The number of hydrogen-bond acceptors (Lipinski definition) is 5. The molecule has 0 bridgehead atoms. The van der Waals surface area contributed by atoms with Gasteiger partial charge >= 0.3 is 13.2 Å². The molecule has 0 unspecified atom stereocenters. The predicted octanol–water partition coefficient (Wildman–Crippen LogP) is 5.12. The zero-order valence-electron chi connectivity index (χ0n) is 18.0. The molecule has 1 aliphatic heterocycles. The monoisotopic (exact) mass is 442 g/mol. The third-order valence-corrected chi connectivity index (χ3v) is 5.47. The Balaban J connectivity index is 2.32. The molecule has 1 heterocycles. The summed E-state index contributed by atoms with van der Waals surface area (Å²) >= 11 is 12.3. The first-order valence-corrected chi connectivity index (χ1v) is 10.1. The molecule has 0 radical (unpaired) electrons. The molecule has 1 aromatic rings. The second-order valence-electron chi connectivity index (χ2n) is 9.06. The van der Waals surface area contributed by atoms with Gasteiger partial charge in [0, 0.05) is 6.54 Å². The van der Waals surface area contributed by atoms with Crippen molar-refractivity contribution in [2.24, 2.45) is 0 Å². The lowest BCUT2D eigenvalue weighted by atomic mass is 9.77. The van der Waals surface area contributed by atoms with E-state index in [9.17, 15) is 4.79 Å². The lowest BCUT2D eigenvalue weighted by molar-refractivity contribution is 0.00578. The molecule has 1 saturated heterocycles. The van der Waals surface area contributed by atoms with Crippen LogP contribution in [-0.2, 0) is 14.0 Å². The highest BCUT2D eigenvalue weighted by molar-refractivity contribution is 6.56. The van der Waals surface area contributed by atoms with Gasteiger partial charge in [0.05, 0.1) is 26.9 Å². The van der Waals surface area contributed by atoms with Gasteiger partial charge in [-0.05, 0) is 71.6 Å². The zero-order chi connectivity index (χ0) is 22.2. The number of carbonyl (C=O) groups excluding carboxylic acids is 1. The van der Waals surface area contributed by atoms with Crippen LogP contribution in [0.3, 0.4) is 0 Å². The summed E-state index contributed by atoms with van der Waals surface area (Å²) in [5.41, 5.74) is 5.88. The first-order valence-electron chi connectivity index (χ1n) is 9.39. The maximum atomic E-state index is 12.1. The van der Waals surface area contributed by atoms with Crippen LogP contribution in [0.1, 0.15) is 54.0 Å². The average Bonchev–Trinajstić information content (AvgIpc) is 2.75. The van der Waals surface area contributed by atoms with E-state index in [4.69, 9.17) is 43.0 Å². The highest BCUT2D eigenvalue weighted by Gasteiger charge is 2.52. The Morgan fingerprint density at radius 3 is 2.10 bits per heavy atom. The molecule has 0 spiro atoms. The minimum Gasteiger partial charge on any atom is -0.444 e. The first kappa shape index (κ1) is 23.9. The van der Waals surface area contributed by atoms with Crippen LogP contribution in [0, 0.1) is 0 Å². The molecule has 0 atom stereocenters. The van der Waals surface area contributed by atoms with Gasteiger partial charge in [-0.3, -0.25) is 0 Å². The molecule has 1 amide bonds. The van der Waals surface area contributed by atoms with Gasteiger partial charge in [-0.1, -0.05) is 29.3 Å². The van der Waals surface area contributed by atoms with Crippen LogP contribution in [-0.4, -0.2) is 36.6 Å². The highest BCUT2D eigenvalue weighted by Crippen LogP contribution is 2.39. The number of alkyl carbamates (subject to hydrolysis) is 1. The van der Waals surface area contributed by atoms with E-state index < -0.39 is 30.0 Å². The van der Waals surface area contributed by atoms with Crippen molar-refractivity contribution in [3.8, 4) is 0 Å². The summed E-state index contributed by atoms with van der Waals surface area (Å²) in [6.07, 6.45) is 1.28. The minimum absolute atomic E-state index is 0.158. The maximum absolute atomic E-state index is 12.1. The van der Waals surface area contributed by atoms with Gasteiger partial charge < -0.3 is 25.1 Å². The van der Waals surface area contributed by atoms with E-state index in [1.807, 2.05) is 33.8 Å². The third-order valence-electron chi connectivity index (χ3n) is 4.85. The molecule has 6 nitrogen and oxygen atoms in total. The molecule has 29 heavy (non-hydrogen) atoms. The van der Waals surface area contributed by atoms with Crippen molar-refractivity contribution >= 4 is 48.2 Å². The van der Waals surface area contributed by atoms with Crippen LogP contribution in [0.5, 0.6) is 0 Å². The maximum Gasteiger partial charge on any atom is 0.492 e. The van der Waals surface area contributed by atoms with Crippen LogP contribution < -0.4 is 11.1 Å². The highest BCUT2D eigenvalue weighted by atomic mass is 35.5. The van der Waals surface area contributed by atoms with E-state index in [1.165, 1.54) is 0 Å². The molecular weight excluding hydrogens is 414 g/mol. The van der Waals surface area contributed by atoms with Crippen molar-refractivity contribution in [2.75, 3.05) is 12.3 Å². The largest absolute Gasteiger partial charge is 0.492 e. The first-order chi connectivity index (χ1) is 13.1. The molecule has 1 aliphatic rings.